The van der Waals surface area contributed by atoms with Crippen LogP contribution >= 0.6 is 34.5 Å². The smallest absolute Gasteiger partial charge is 0.114 e. The van der Waals surface area contributed by atoms with Crippen molar-refractivity contribution in [1.29, 1.82) is 0 Å². The molecule has 0 aliphatic carbocycles. The number of hydrogen-bond donors (Lipinski definition) is 1. The standard InChI is InChI=1S/C11H10Cl2N2S/c1-6-5-15-11(16-6)10(14)7-3-2-4-8(12)9(7)13/h2-5,10H,14H2,1H3. The van der Waals surface area contributed by atoms with Gasteiger partial charge in [0.2, 0.25) is 0 Å². The van der Waals surface area contributed by atoms with Crippen LogP contribution in [0.1, 0.15) is 21.5 Å². The van der Waals surface area contributed by atoms with Gasteiger partial charge in [0.05, 0.1) is 16.1 Å². The summed E-state index contributed by atoms with van der Waals surface area (Å²) in [5.74, 6) is 0. The number of rotatable bonds is 2. The van der Waals surface area contributed by atoms with E-state index < -0.39 is 0 Å². The minimum Gasteiger partial charge on any atom is -0.318 e. The van der Waals surface area contributed by atoms with Crippen LogP contribution in [0, 0.1) is 6.92 Å². The molecule has 2 rings (SSSR count). The molecule has 0 bridgehead atoms. The van der Waals surface area contributed by atoms with Crippen LogP contribution in [0.25, 0.3) is 0 Å². The average molecular weight is 273 g/mol. The Bertz CT molecular complexity index is 510. The molecule has 0 aliphatic heterocycles. The van der Waals surface area contributed by atoms with Crippen LogP contribution in [0.15, 0.2) is 24.4 Å². The third-order valence-corrected chi connectivity index (χ3v) is 4.05. The third kappa shape index (κ3) is 2.23. The summed E-state index contributed by atoms with van der Waals surface area (Å²) in [6, 6.07) is 5.14. The van der Waals surface area contributed by atoms with Crippen LogP contribution in [0.2, 0.25) is 10.0 Å². The fraction of sp³-hybridized carbons (Fsp3) is 0.182. The van der Waals surface area contributed by atoms with Crippen molar-refractivity contribution in [2.75, 3.05) is 0 Å². The highest BCUT2D eigenvalue weighted by Crippen LogP contribution is 2.32. The Morgan fingerprint density at radius 2 is 2.12 bits per heavy atom. The van der Waals surface area contributed by atoms with Gasteiger partial charge in [-0.3, -0.25) is 0 Å². The van der Waals surface area contributed by atoms with E-state index in [0.29, 0.717) is 10.0 Å². The Morgan fingerprint density at radius 1 is 1.38 bits per heavy atom. The molecule has 1 aromatic carbocycles. The lowest BCUT2D eigenvalue weighted by Crippen LogP contribution is -2.12. The number of aromatic nitrogens is 1. The van der Waals surface area contributed by atoms with Crippen LogP contribution in [0.4, 0.5) is 0 Å². The van der Waals surface area contributed by atoms with Gasteiger partial charge in [0, 0.05) is 11.1 Å². The largest absolute Gasteiger partial charge is 0.318 e. The maximum atomic E-state index is 6.11. The summed E-state index contributed by atoms with van der Waals surface area (Å²) < 4.78 is 0. The molecule has 0 aliphatic rings. The van der Waals surface area contributed by atoms with Crippen molar-refractivity contribution in [2.45, 2.75) is 13.0 Å². The molecule has 2 aromatic rings. The highest BCUT2D eigenvalue weighted by molar-refractivity contribution is 7.11. The quantitative estimate of drug-likeness (QED) is 0.903. The molecule has 2 N–H and O–H groups in total. The molecule has 16 heavy (non-hydrogen) atoms. The van der Waals surface area contributed by atoms with Crippen LogP contribution in [-0.2, 0) is 0 Å². The van der Waals surface area contributed by atoms with E-state index in [9.17, 15) is 0 Å². The molecule has 0 spiro atoms. The number of halogens is 2. The van der Waals surface area contributed by atoms with Crippen molar-refractivity contribution in [2.24, 2.45) is 5.73 Å². The fourth-order valence-electron chi connectivity index (χ4n) is 1.41. The summed E-state index contributed by atoms with van der Waals surface area (Å²) >= 11 is 13.6. The van der Waals surface area contributed by atoms with Crippen LogP contribution in [0.5, 0.6) is 0 Å². The van der Waals surface area contributed by atoms with E-state index in [2.05, 4.69) is 4.98 Å². The summed E-state index contributed by atoms with van der Waals surface area (Å²) in [5.41, 5.74) is 6.91. The number of aryl methyl sites for hydroxylation is 1. The van der Waals surface area contributed by atoms with Crippen molar-refractivity contribution >= 4 is 34.5 Å². The second kappa shape index (κ2) is 4.72. The normalized spacial score (nSPS) is 12.8. The predicted molar refractivity (Wildman–Crippen MR) is 69.3 cm³/mol. The molecular weight excluding hydrogens is 263 g/mol. The van der Waals surface area contributed by atoms with Gasteiger partial charge >= 0.3 is 0 Å². The summed E-state index contributed by atoms with van der Waals surface area (Å²) in [5, 5.41) is 1.87. The molecule has 1 atom stereocenters. The maximum absolute atomic E-state index is 6.11. The van der Waals surface area contributed by atoms with Gasteiger partial charge < -0.3 is 5.73 Å². The van der Waals surface area contributed by atoms with Gasteiger partial charge in [-0.25, -0.2) is 4.98 Å². The summed E-state index contributed by atoms with van der Waals surface area (Å²) in [7, 11) is 0. The second-order valence-electron chi connectivity index (χ2n) is 3.43. The van der Waals surface area contributed by atoms with E-state index in [-0.39, 0.29) is 6.04 Å². The van der Waals surface area contributed by atoms with Crippen LogP contribution < -0.4 is 5.73 Å². The molecule has 0 saturated carbocycles. The summed E-state index contributed by atoms with van der Waals surface area (Å²) in [4.78, 5) is 5.38. The van der Waals surface area contributed by atoms with Gasteiger partial charge in [0.1, 0.15) is 5.01 Å². The lowest BCUT2D eigenvalue weighted by atomic mass is 10.1. The van der Waals surface area contributed by atoms with Crippen LogP contribution in [-0.4, -0.2) is 4.98 Å². The second-order valence-corrected chi connectivity index (χ2v) is 5.48. The van der Waals surface area contributed by atoms with Gasteiger partial charge in [-0.1, -0.05) is 35.3 Å². The lowest BCUT2D eigenvalue weighted by Gasteiger charge is -2.11. The van der Waals surface area contributed by atoms with Crippen molar-refractivity contribution in [1.82, 2.24) is 4.98 Å². The van der Waals surface area contributed by atoms with Gasteiger partial charge in [0.25, 0.3) is 0 Å². The van der Waals surface area contributed by atoms with Gasteiger partial charge in [-0.15, -0.1) is 11.3 Å². The first-order valence-corrected chi connectivity index (χ1v) is 6.28. The van der Waals surface area contributed by atoms with E-state index in [1.165, 1.54) is 0 Å². The number of nitrogens with zero attached hydrogens (tertiary/aromatic N) is 1. The highest BCUT2D eigenvalue weighted by atomic mass is 35.5. The zero-order chi connectivity index (χ0) is 11.7. The molecule has 0 saturated heterocycles. The van der Waals surface area contributed by atoms with E-state index >= 15 is 0 Å². The number of thiazole rings is 1. The minimum atomic E-state index is -0.315. The van der Waals surface area contributed by atoms with E-state index in [1.54, 1.807) is 23.6 Å². The zero-order valence-electron chi connectivity index (χ0n) is 8.58. The molecule has 1 heterocycles. The van der Waals surface area contributed by atoms with Crippen molar-refractivity contribution in [3.8, 4) is 0 Å². The highest BCUT2D eigenvalue weighted by Gasteiger charge is 2.16. The predicted octanol–water partition coefficient (Wildman–Crippen LogP) is 3.81. The Balaban J connectivity index is 2.41. The topological polar surface area (TPSA) is 38.9 Å². The lowest BCUT2D eigenvalue weighted by molar-refractivity contribution is 0.858. The molecule has 5 heteroatoms. The zero-order valence-corrected chi connectivity index (χ0v) is 10.9. The van der Waals surface area contributed by atoms with Gasteiger partial charge in [0.15, 0.2) is 0 Å². The number of nitrogens with two attached hydrogens (primary N) is 1. The Labute approximate surface area is 108 Å². The van der Waals surface area contributed by atoms with Crippen molar-refractivity contribution in [3.63, 3.8) is 0 Å². The summed E-state index contributed by atoms with van der Waals surface area (Å²) in [6.07, 6.45) is 1.80. The SMILES string of the molecule is Cc1cnc(C(N)c2cccc(Cl)c2Cl)s1. The first-order chi connectivity index (χ1) is 7.59. The molecule has 0 radical (unpaired) electrons. The number of hydrogen-bond acceptors (Lipinski definition) is 3. The maximum Gasteiger partial charge on any atom is 0.114 e. The average Bonchev–Trinajstić information content (AvgIpc) is 2.68. The fourth-order valence-corrected chi connectivity index (χ4v) is 2.63. The van der Waals surface area contributed by atoms with E-state index in [0.717, 1.165) is 15.4 Å². The third-order valence-electron chi connectivity index (χ3n) is 2.22. The minimum absolute atomic E-state index is 0.315. The molecule has 84 valence electrons. The molecule has 0 fully saturated rings. The van der Waals surface area contributed by atoms with Gasteiger partial charge in [-0.05, 0) is 18.6 Å². The first-order valence-electron chi connectivity index (χ1n) is 4.71. The van der Waals surface area contributed by atoms with Crippen LogP contribution in [0.3, 0.4) is 0 Å². The summed E-state index contributed by atoms with van der Waals surface area (Å²) in [6.45, 7) is 1.99. The molecular formula is C11H10Cl2N2S. The number of benzene rings is 1. The van der Waals surface area contributed by atoms with Crippen molar-refractivity contribution in [3.05, 3.63) is 49.9 Å². The van der Waals surface area contributed by atoms with Gasteiger partial charge in [-0.2, -0.15) is 0 Å². The Hall–Kier alpha value is -0.610. The van der Waals surface area contributed by atoms with E-state index in [4.69, 9.17) is 28.9 Å². The first kappa shape index (κ1) is 11.9. The Kier molecular flexibility index (Phi) is 3.50. The van der Waals surface area contributed by atoms with Crippen molar-refractivity contribution < 1.29 is 0 Å². The molecule has 1 aromatic heterocycles. The van der Waals surface area contributed by atoms with E-state index in [1.807, 2.05) is 19.1 Å². The molecule has 2 nitrogen and oxygen atoms in total. The molecule has 1 unspecified atom stereocenters. The Morgan fingerprint density at radius 3 is 2.75 bits per heavy atom. The monoisotopic (exact) mass is 272 g/mol. The molecule has 0 amide bonds.